The molecule has 3 heterocycles. The van der Waals surface area contributed by atoms with Crippen molar-refractivity contribution in [2.75, 3.05) is 32.6 Å². The van der Waals surface area contributed by atoms with Gasteiger partial charge in [0.25, 0.3) is 17.7 Å². The van der Waals surface area contributed by atoms with Crippen molar-refractivity contribution in [1.29, 1.82) is 0 Å². The molecule has 0 unspecified atom stereocenters. The molecule has 0 atom stereocenters. The van der Waals surface area contributed by atoms with Crippen molar-refractivity contribution in [3.8, 4) is 0 Å². The van der Waals surface area contributed by atoms with E-state index in [4.69, 9.17) is 0 Å². The number of nitrogens with one attached hydrogen (secondary N) is 1. The fourth-order valence-electron chi connectivity index (χ4n) is 19.2. The molecule has 4 aromatic carbocycles. The second-order valence-electron chi connectivity index (χ2n) is 36.6. The van der Waals surface area contributed by atoms with Gasteiger partial charge in [-0.15, -0.1) is 0 Å². The summed E-state index contributed by atoms with van der Waals surface area (Å²) in [6.45, 7) is 15.2. The van der Waals surface area contributed by atoms with Crippen LogP contribution in [0.3, 0.4) is 0 Å². The van der Waals surface area contributed by atoms with Gasteiger partial charge < -0.3 is 15.1 Å². The van der Waals surface area contributed by atoms with Gasteiger partial charge in [0.05, 0.1) is 33.8 Å². The number of allylic oxidation sites excluding steroid dienone is 1. The van der Waals surface area contributed by atoms with Crippen LogP contribution >= 0.6 is 86.3 Å². The molecule has 1 N–H and O–H groups in total. The number of ketones is 1. The third-order valence-electron chi connectivity index (χ3n) is 26.4. The SMILES string of the molecule is C.CCCCCCCCCCC(CCCCCCCCCC)CCCCN1C(=O)/C(=C2/C(=O)N(CCCCC(CCCCCCCCCC)CCCCCCCCCC)c3cc(Br)ccc32)c2ccc(Br)cc21.CCCCCCCCCCC(CCCCI)CCCCCCCCCC.O=C1Cc2cc(Br)ccc2/C1=C1\C(=O)Nc2cc(Br)ccc21. The predicted octanol–water partition coefficient (Wildman–Crippen LogP) is 37.6. The van der Waals surface area contributed by atoms with Gasteiger partial charge in [-0.25, -0.2) is 0 Å². The van der Waals surface area contributed by atoms with Crippen LogP contribution < -0.4 is 15.1 Å². The maximum Gasteiger partial charge on any atom is 0.259 e. The summed E-state index contributed by atoms with van der Waals surface area (Å²) in [7, 11) is 0. The van der Waals surface area contributed by atoms with Crippen molar-refractivity contribution in [2.24, 2.45) is 17.8 Å². The van der Waals surface area contributed by atoms with Crippen molar-refractivity contribution in [3.63, 3.8) is 0 Å². The van der Waals surface area contributed by atoms with Gasteiger partial charge in [-0.1, -0.05) is 545 Å². The lowest BCUT2D eigenvalue weighted by atomic mass is 9.89. The average molecular weight is 2040 g/mol. The summed E-state index contributed by atoms with van der Waals surface area (Å²) in [5.74, 6) is 2.36. The van der Waals surface area contributed by atoms with E-state index in [0.29, 0.717) is 41.8 Å². The standard InChI is InChI=1S/C66H108Br2N2O2.C25H51I.C17H9Br2NO2.CH4/c1-5-9-13-17-21-25-29-33-41-55(42-34-30-26-22-18-14-10-6-2)45-37-39-51-69-61-53-57(67)47-49-59(61)63(65(69)71)64-60-50-48-58(68)54-62(60)70(66(64)72)52-40-38-46-56(43-35-31-27-23-19-15-11-7-3)44-36-32-28-24-20-16-12-8-4;1-3-5-7-9-11-13-15-17-21-25(23-19-20-24-26)22-18-16-14-12-10-8-6-4-2;18-9-1-3-11-8(5-9)6-14(21)15(11)16-12-4-2-10(19)7-13(12)20-17(16)22;/h47-50,53-56H,5-46,51-52H2,1-4H3;25H,3-24H2,1-2H3;1-5,7H,6H2,(H,20,22);1H4/b64-63+;;16-15+;. The van der Waals surface area contributed by atoms with Crippen LogP contribution in [0, 0.1) is 17.8 Å². The molecule has 0 spiro atoms. The number of carbonyl (C=O) groups excluding carboxylic acids is 4. The number of unbranched alkanes of at least 4 members (excludes halogenated alkanes) is 45. The number of Topliss-reactive ketones (excluding diaryl/α,β-unsaturated/α-hetero) is 1. The van der Waals surface area contributed by atoms with Gasteiger partial charge in [-0.05, 0) is 101 Å². The average Bonchev–Trinajstić information content (AvgIpc) is 1.58. The number of fused-ring (bicyclic) bond motifs is 4. The monoisotopic (exact) mass is 2030 g/mol. The molecule has 121 heavy (non-hydrogen) atoms. The zero-order chi connectivity index (χ0) is 86.0. The third-order valence-corrected chi connectivity index (χ3v) is 29.2. The van der Waals surface area contributed by atoms with E-state index in [1.54, 1.807) is 0 Å². The Morgan fingerprint density at radius 3 is 0.860 bits per heavy atom. The number of benzene rings is 4. The summed E-state index contributed by atoms with van der Waals surface area (Å²) in [4.78, 5) is 58.6. The first-order valence-corrected chi connectivity index (χ1v) is 55.1. The van der Waals surface area contributed by atoms with Crippen molar-refractivity contribution < 1.29 is 19.2 Å². The van der Waals surface area contributed by atoms with Crippen molar-refractivity contribution in [2.45, 2.75) is 460 Å². The Hall–Kier alpha value is -2.91. The number of halogens is 5. The van der Waals surface area contributed by atoms with Gasteiger partial charge in [0.1, 0.15) is 0 Å². The number of anilines is 3. The second kappa shape index (κ2) is 68.2. The topological polar surface area (TPSA) is 86.8 Å². The molecule has 0 saturated carbocycles. The molecule has 0 saturated heterocycles. The minimum atomic E-state index is -0.216. The van der Waals surface area contributed by atoms with Gasteiger partial charge in [0.15, 0.2) is 5.78 Å². The number of alkyl halides is 1. The fourth-order valence-corrected chi connectivity index (χ4v) is 21.2. The molecule has 3 aliphatic heterocycles. The minimum absolute atomic E-state index is 0. The number of nitrogens with zero attached hydrogens (tertiary/aromatic N) is 2. The van der Waals surface area contributed by atoms with Crippen LogP contribution in [0.1, 0.15) is 481 Å². The maximum absolute atomic E-state index is 14.9. The molecule has 0 aromatic heterocycles. The van der Waals surface area contributed by atoms with Crippen LogP contribution in [-0.2, 0) is 25.6 Å². The summed E-state index contributed by atoms with van der Waals surface area (Å²) < 4.78 is 5.10. The number of rotatable bonds is 68. The van der Waals surface area contributed by atoms with Gasteiger partial charge in [-0.3, -0.25) is 19.2 Å². The van der Waals surface area contributed by atoms with Crippen molar-refractivity contribution in [3.05, 3.63) is 119 Å². The Morgan fingerprint density at radius 2 is 0.554 bits per heavy atom. The lowest BCUT2D eigenvalue weighted by Gasteiger charge is -2.20. The van der Waals surface area contributed by atoms with Crippen LogP contribution in [0.4, 0.5) is 17.1 Å². The Labute approximate surface area is 790 Å². The number of carbonyl (C=O) groups is 4. The predicted molar refractivity (Wildman–Crippen MR) is 553 cm³/mol. The van der Waals surface area contributed by atoms with Crippen molar-refractivity contribution >= 4 is 149 Å². The van der Waals surface area contributed by atoms with E-state index in [2.05, 4.69) is 157 Å². The highest BCUT2D eigenvalue weighted by Gasteiger charge is 2.42. The summed E-state index contributed by atoms with van der Waals surface area (Å²) in [5, 5.41) is 2.84. The lowest BCUT2D eigenvalue weighted by Crippen LogP contribution is -2.30. The molecule has 682 valence electrons. The van der Waals surface area contributed by atoms with E-state index in [1.165, 1.54) is 383 Å². The number of hydrogen-bond acceptors (Lipinski definition) is 4. The molecule has 7 nitrogen and oxygen atoms in total. The van der Waals surface area contributed by atoms with Crippen LogP contribution in [0.5, 0.6) is 0 Å². The molecule has 0 radical (unpaired) electrons. The smallest absolute Gasteiger partial charge is 0.259 e. The summed E-state index contributed by atoms with van der Waals surface area (Å²) in [6, 6.07) is 23.7. The molecule has 1 aliphatic carbocycles. The van der Waals surface area contributed by atoms with Crippen molar-refractivity contribution in [1.82, 2.24) is 0 Å². The van der Waals surface area contributed by atoms with E-state index >= 15 is 0 Å². The van der Waals surface area contributed by atoms with Crippen LogP contribution in [0.15, 0.2) is 90.7 Å². The Kier molecular flexibility index (Phi) is 61.2. The quantitative estimate of drug-likeness (QED) is 0.0207. The molecule has 0 bridgehead atoms. The first kappa shape index (κ1) is 109. The van der Waals surface area contributed by atoms with E-state index in [9.17, 15) is 19.2 Å². The van der Waals surface area contributed by atoms with Crippen LogP contribution in [0.25, 0.3) is 22.3 Å². The highest BCUT2D eigenvalue weighted by Crippen LogP contribution is 2.49. The van der Waals surface area contributed by atoms with E-state index in [0.717, 1.165) is 106 Å². The maximum atomic E-state index is 14.9. The minimum Gasteiger partial charge on any atom is -0.321 e. The van der Waals surface area contributed by atoms with Gasteiger partial charge in [0.2, 0.25) is 0 Å². The number of amides is 3. The number of hydrogen-bond donors (Lipinski definition) is 1. The zero-order valence-electron chi connectivity index (χ0n) is 77.0. The first-order chi connectivity index (χ1) is 58.7. The van der Waals surface area contributed by atoms with Gasteiger partial charge in [0, 0.05) is 59.7 Å². The molecule has 4 aromatic rings. The highest BCUT2D eigenvalue weighted by molar-refractivity contribution is 14.1. The van der Waals surface area contributed by atoms with E-state index in [-0.39, 0.29) is 30.9 Å². The lowest BCUT2D eigenvalue weighted by molar-refractivity contribution is -0.114. The molecule has 8 rings (SSSR count). The molecule has 4 aliphatic rings. The first-order valence-electron chi connectivity index (χ1n) is 50.4. The van der Waals surface area contributed by atoms with Gasteiger partial charge in [-0.2, -0.15) is 0 Å². The zero-order valence-corrected chi connectivity index (χ0v) is 85.5. The molecular formula is C109H172Br4IN3O4. The molecule has 12 heteroatoms. The van der Waals surface area contributed by atoms with E-state index in [1.807, 2.05) is 58.3 Å². The van der Waals surface area contributed by atoms with E-state index < -0.39 is 0 Å². The third kappa shape index (κ3) is 42.0. The fraction of sp³-hybridized carbons (Fsp3) is 0.706. The Morgan fingerprint density at radius 1 is 0.298 bits per heavy atom. The second-order valence-corrected chi connectivity index (χ2v) is 41.4. The Balaban J connectivity index is 0.000000426. The summed E-state index contributed by atoms with van der Waals surface area (Å²) >= 11 is 16.8. The van der Waals surface area contributed by atoms with Crippen LogP contribution in [-0.4, -0.2) is 41.0 Å². The van der Waals surface area contributed by atoms with Crippen LogP contribution in [0.2, 0.25) is 0 Å². The molecule has 0 fully saturated rings. The van der Waals surface area contributed by atoms with Gasteiger partial charge >= 0.3 is 0 Å². The Bertz CT molecular complexity index is 3290. The molecule has 3 amide bonds. The highest BCUT2D eigenvalue weighted by atomic mass is 127. The summed E-state index contributed by atoms with van der Waals surface area (Å²) in [6.07, 6.45) is 87.5. The largest absolute Gasteiger partial charge is 0.321 e. The summed E-state index contributed by atoms with van der Waals surface area (Å²) in [5.41, 5.74) is 9.20. The normalized spacial score (nSPS) is 14.6. The molecular weight excluding hydrogens is 1860 g/mol.